The number of halogens is 2. The maximum atomic E-state index is 13.9. The first-order chi connectivity index (χ1) is 18.3. The number of hydrogen-bond acceptors (Lipinski definition) is 4. The van der Waals surface area contributed by atoms with Crippen LogP contribution in [0.1, 0.15) is 15.9 Å². The molecule has 5 aromatic rings. The van der Waals surface area contributed by atoms with Gasteiger partial charge in [0, 0.05) is 9.50 Å². The standard InChI is InChI=1S/C30H21BrClNO4S/c31-25-11-9-23-18-28(16-10-22(23)17-25)37-30(34)24-7-4-8-29(19-24)38(35,36)33(20-21-5-2-1-3-6-21)27-14-12-26(32)13-15-27/h1-19H,20H2. The lowest BCUT2D eigenvalue weighted by molar-refractivity contribution is 0.0734. The molecule has 5 aromatic carbocycles. The van der Waals surface area contributed by atoms with Gasteiger partial charge in [0.1, 0.15) is 5.75 Å². The SMILES string of the molecule is O=C(Oc1ccc2cc(Br)ccc2c1)c1cccc(S(=O)(=O)N(Cc2ccccc2)c2ccc(Cl)cc2)c1. The molecule has 0 bridgehead atoms. The molecule has 0 unspecified atom stereocenters. The molecule has 5 nitrogen and oxygen atoms in total. The molecule has 0 aromatic heterocycles. The molecule has 0 aliphatic rings. The smallest absolute Gasteiger partial charge is 0.343 e. The van der Waals surface area contributed by atoms with E-state index >= 15 is 0 Å². The zero-order valence-corrected chi connectivity index (χ0v) is 23.1. The third-order valence-corrected chi connectivity index (χ3v) is 8.44. The maximum absolute atomic E-state index is 13.9. The lowest BCUT2D eigenvalue weighted by Gasteiger charge is -2.25. The van der Waals surface area contributed by atoms with Crippen LogP contribution in [-0.4, -0.2) is 14.4 Å². The molecule has 38 heavy (non-hydrogen) atoms. The fraction of sp³-hybridized carbons (Fsp3) is 0.0333. The van der Waals surface area contributed by atoms with Crippen molar-refractivity contribution < 1.29 is 17.9 Å². The fourth-order valence-electron chi connectivity index (χ4n) is 4.01. The van der Waals surface area contributed by atoms with Crippen molar-refractivity contribution in [3.8, 4) is 5.75 Å². The van der Waals surface area contributed by atoms with E-state index in [1.807, 2.05) is 54.6 Å². The number of hydrogen-bond donors (Lipinski definition) is 0. The van der Waals surface area contributed by atoms with Gasteiger partial charge in [0.25, 0.3) is 10.0 Å². The van der Waals surface area contributed by atoms with Gasteiger partial charge in [0.05, 0.1) is 22.7 Å². The number of benzene rings is 5. The van der Waals surface area contributed by atoms with Crippen LogP contribution in [-0.2, 0) is 16.6 Å². The Hall–Kier alpha value is -3.65. The molecule has 0 saturated heterocycles. The third kappa shape index (κ3) is 5.75. The minimum atomic E-state index is -4.05. The van der Waals surface area contributed by atoms with Crippen molar-refractivity contribution in [1.29, 1.82) is 0 Å². The number of ether oxygens (including phenoxy) is 1. The second-order valence-electron chi connectivity index (χ2n) is 8.54. The van der Waals surface area contributed by atoms with E-state index in [9.17, 15) is 13.2 Å². The van der Waals surface area contributed by atoms with Crippen molar-refractivity contribution >= 4 is 60.0 Å². The van der Waals surface area contributed by atoms with Crippen LogP contribution < -0.4 is 9.04 Å². The zero-order valence-electron chi connectivity index (χ0n) is 19.9. The lowest BCUT2D eigenvalue weighted by atomic mass is 10.1. The Balaban J connectivity index is 1.45. The summed E-state index contributed by atoms with van der Waals surface area (Å²) < 4.78 is 35.6. The van der Waals surface area contributed by atoms with Gasteiger partial charge in [-0.2, -0.15) is 0 Å². The zero-order chi connectivity index (χ0) is 26.7. The molecule has 0 spiro atoms. The fourth-order valence-corrected chi connectivity index (χ4v) is 6.01. The van der Waals surface area contributed by atoms with Gasteiger partial charge in [0.15, 0.2) is 0 Å². The number of carbonyl (C=O) groups excluding carboxylic acids is 1. The van der Waals surface area contributed by atoms with Crippen LogP contribution in [0.2, 0.25) is 5.02 Å². The van der Waals surface area contributed by atoms with Crippen molar-refractivity contribution in [2.24, 2.45) is 0 Å². The number of sulfonamides is 1. The average Bonchev–Trinajstić information content (AvgIpc) is 2.93. The highest BCUT2D eigenvalue weighted by Gasteiger charge is 2.26. The van der Waals surface area contributed by atoms with E-state index in [2.05, 4.69) is 15.9 Å². The van der Waals surface area contributed by atoms with E-state index in [1.165, 1.54) is 28.6 Å². The van der Waals surface area contributed by atoms with Gasteiger partial charge >= 0.3 is 5.97 Å². The summed E-state index contributed by atoms with van der Waals surface area (Å²) in [7, 11) is -4.05. The predicted molar refractivity (Wildman–Crippen MR) is 154 cm³/mol. The van der Waals surface area contributed by atoms with E-state index in [0.717, 1.165) is 20.8 Å². The van der Waals surface area contributed by atoms with Crippen LogP contribution in [0.25, 0.3) is 10.8 Å². The van der Waals surface area contributed by atoms with Crippen molar-refractivity contribution in [2.75, 3.05) is 4.31 Å². The molecule has 5 rings (SSSR count). The van der Waals surface area contributed by atoms with Gasteiger partial charge in [-0.15, -0.1) is 0 Å². The van der Waals surface area contributed by atoms with Crippen molar-refractivity contribution in [2.45, 2.75) is 11.4 Å². The summed E-state index contributed by atoms with van der Waals surface area (Å²) in [6, 6.07) is 32.9. The Morgan fingerprint density at radius 2 is 1.50 bits per heavy atom. The Morgan fingerprint density at radius 3 is 2.26 bits per heavy atom. The number of esters is 1. The monoisotopic (exact) mass is 605 g/mol. The van der Waals surface area contributed by atoms with Crippen LogP contribution in [0.5, 0.6) is 5.75 Å². The minimum Gasteiger partial charge on any atom is -0.423 e. The Labute approximate surface area is 234 Å². The molecule has 190 valence electrons. The summed E-state index contributed by atoms with van der Waals surface area (Å²) in [5, 5.41) is 2.40. The highest BCUT2D eigenvalue weighted by molar-refractivity contribution is 9.10. The van der Waals surface area contributed by atoms with E-state index in [0.29, 0.717) is 16.5 Å². The van der Waals surface area contributed by atoms with Gasteiger partial charge < -0.3 is 4.74 Å². The summed E-state index contributed by atoms with van der Waals surface area (Å²) >= 11 is 9.49. The van der Waals surface area contributed by atoms with Gasteiger partial charge in [0.2, 0.25) is 0 Å². The molecule has 0 saturated carbocycles. The molecular weight excluding hydrogens is 586 g/mol. The number of fused-ring (bicyclic) bond motifs is 1. The number of rotatable bonds is 7. The lowest BCUT2D eigenvalue weighted by Crippen LogP contribution is -2.30. The highest BCUT2D eigenvalue weighted by atomic mass is 79.9. The van der Waals surface area contributed by atoms with Gasteiger partial charge in [-0.05, 0) is 83.1 Å². The quantitative estimate of drug-likeness (QED) is 0.140. The topological polar surface area (TPSA) is 63.7 Å². The van der Waals surface area contributed by atoms with E-state index in [-0.39, 0.29) is 17.0 Å². The molecule has 0 aliphatic heterocycles. The Morgan fingerprint density at radius 1 is 0.789 bits per heavy atom. The first-order valence-corrected chi connectivity index (χ1v) is 14.2. The minimum absolute atomic E-state index is 0.0267. The van der Waals surface area contributed by atoms with Crippen LogP contribution in [0, 0.1) is 0 Å². The molecule has 8 heteroatoms. The molecule has 0 heterocycles. The summed E-state index contributed by atoms with van der Waals surface area (Å²) in [6.45, 7) is 0.104. The summed E-state index contributed by atoms with van der Waals surface area (Å²) in [4.78, 5) is 13.0. The molecule has 0 fully saturated rings. The first-order valence-electron chi connectivity index (χ1n) is 11.6. The van der Waals surface area contributed by atoms with Gasteiger partial charge in [-0.1, -0.05) is 76.1 Å². The Bertz CT molecular complexity index is 1730. The molecular formula is C30H21BrClNO4S. The molecule has 0 atom stereocenters. The van der Waals surface area contributed by atoms with Crippen LogP contribution in [0.3, 0.4) is 0 Å². The van der Waals surface area contributed by atoms with Gasteiger partial charge in [-0.25, -0.2) is 13.2 Å². The number of nitrogens with zero attached hydrogens (tertiary/aromatic N) is 1. The summed E-state index contributed by atoms with van der Waals surface area (Å²) in [5.41, 5.74) is 1.39. The van der Waals surface area contributed by atoms with Crippen molar-refractivity contribution in [3.05, 3.63) is 136 Å². The third-order valence-electron chi connectivity index (χ3n) is 5.93. The normalized spacial score (nSPS) is 11.3. The number of anilines is 1. The van der Waals surface area contributed by atoms with Crippen LogP contribution >= 0.6 is 27.5 Å². The second-order valence-corrected chi connectivity index (χ2v) is 11.8. The first kappa shape index (κ1) is 26.0. The average molecular weight is 607 g/mol. The molecule has 0 aliphatic carbocycles. The van der Waals surface area contributed by atoms with Crippen LogP contribution in [0.4, 0.5) is 5.69 Å². The molecule has 0 N–H and O–H groups in total. The number of carbonyl (C=O) groups is 1. The van der Waals surface area contributed by atoms with E-state index < -0.39 is 16.0 Å². The van der Waals surface area contributed by atoms with Crippen molar-refractivity contribution in [1.82, 2.24) is 0 Å². The van der Waals surface area contributed by atoms with E-state index in [1.54, 1.807) is 36.4 Å². The highest BCUT2D eigenvalue weighted by Crippen LogP contribution is 2.29. The Kier molecular flexibility index (Phi) is 7.51. The summed E-state index contributed by atoms with van der Waals surface area (Å²) in [5.74, 6) is -0.287. The second kappa shape index (κ2) is 11.0. The van der Waals surface area contributed by atoms with E-state index in [4.69, 9.17) is 16.3 Å². The van der Waals surface area contributed by atoms with Crippen molar-refractivity contribution in [3.63, 3.8) is 0 Å². The largest absolute Gasteiger partial charge is 0.423 e. The van der Waals surface area contributed by atoms with Gasteiger partial charge in [-0.3, -0.25) is 4.31 Å². The molecule has 0 amide bonds. The predicted octanol–water partition coefficient (Wildman–Crippen LogP) is 7.87. The summed E-state index contributed by atoms with van der Waals surface area (Å²) in [6.07, 6.45) is 0. The van der Waals surface area contributed by atoms with Crippen LogP contribution in [0.15, 0.2) is 125 Å². The maximum Gasteiger partial charge on any atom is 0.343 e. The molecule has 0 radical (unpaired) electrons.